The molecule has 0 aliphatic rings. The van der Waals surface area contributed by atoms with Crippen molar-refractivity contribution in [1.29, 1.82) is 0 Å². The summed E-state index contributed by atoms with van der Waals surface area (Å²) in [7, 11) is 3.09. The van der Waals surface area contributed by atoms with Gasteiger partial charge in [-0.15, -0.1) is 0 Å². The molecule has 7 heteroatoms. The number of hydrogen-bond donors (Lipinski definition) is 1. The first-order valence-corrected chi connectivity index (χ1v) is 10.6. The lowest BCUT2D eigenvalue weighted by Crippen LogP contribution is -2.51. The van der Waals surface area contributed by atoms with E-state index in [9.17, 15) is 14.0 Å². The molecule has 0 saturated heterocycles. The molecule has 0 aliphatic carbocycles. The number of halogens is 1. The highest BCUT2D eigenvalue weighted by Crippen LogP contribution is 2.20. The lowest BCUT2D eigenvalue weighted by molar-refractivity contribution is -0.142. The van der Waals surface area contributed by atoms with Crippen LogP contribution in [0.25, 0.3) is 0 Å². The van der Waals surface area contributed by atoms with Crippen LogP contribution in [-0.2, 0) is 22.6 Å². The zero-order valence-electron chi connectivity index (χ0n) is 18.7. The third-order valence-corrected chi connectivity index (χ3v) is 5.19. The van der Waals surface area contributed by atoms with Crippen molar-refractivity contribution in [2.45, 2.75) is 19.0 Å². The molecule has 0 unspecified atom stereocenters. The Hall–Kier alpha value is -3.87. The molecule has 0 saturated carbocycles. The molecular formula is C26H27FN2O4. The van der Waals surface area contributed by atoms with Gasteiger partial charge in [-0.05, 0) is 35.4 Å². The second-order valence-electron chi connectivity index (χ2n) is 7.41. The highest BCUT2D eigenvalue weighted by atomic mass is 19.1. The van der Waals surface area contributed by atoms with E-state index in [4.69, 9.17) is 9.47 Å². The van der Waals surface area contributed by atoms with Crippen LogP contribution in [0.4, 0.5) is 4.39 Å². The van der Waals surface area contributed by atoms with Gasteiger partial charge in [-0.1, -0.05) is 54.6 Å². The summed E-state index contributed by atoms with van der Waals surface area (Å²) in [6, 6.07) is 21.8. The summed E-state index contributed by atoms with van der Waals surface area (Å²) in [5, 5.41) is 2.65. The molecule has 0 heterocycles. The Kier molecular flexibility index (Phi) is 8.41. The molecule has 1 N–H and O–H groups in total. The summed E-state index contributed by atoms with van der Waals surface area (Å²) in [6.07, 6.45) is 0.315. The average molecular weight is 451 g/mol. The molecular weight excluding hydrogens is 423 g/mol. The van der Waals surface area contributed by atoms with Crippen LogP contribution in [0.5, 0.6) is 11.5 Å². The van der Waals surface area contributed by atoms with Crippen LogP contribution >= 0.6 is 0 Å². The zero-order valence-corrected chi connectivity index (χ0v) is 18.7. The predicted molar refractivity (Wildman–Crippen MR) is 123 cm³/mol. The summed E-state index contributed by atoms with van der Waals surface area (Å²) in [6.45, 7) is -0.255. The van der Waals surface area contributed by atoms with Crippen LogP contribution in [0.1, 0.15) is 11.1 Å². The van der Waals surface area contributed by atoms with Crippen LogP contribution in [0.2, 0.25) is 0 Å². The number of nitrogens with one attached hydrogen (secondary N) is 1. The minimum atomic E-state index is -0.791. The summed E-state index contributed by atoms with van der Waals surface area (Å²) in [5.41, 5.74) is 1.69. The van der Waals surface area contributed by atoms with E-state index >= 15 is 0 Å². The zero-order chi connectivity index (χ0) is 23.6. The van der Waals surface area contributed by atoms with E-state index in [1.807, 2.05) is 42.5 Å². The first-order valence-electron chi connectivity index (χ1n) is 10.6. The molecule has 0 bridgehead atoms. The van der Waals surface area contributed by atoms with Gasteiger partial charge in [0.1, 0.15) is 11.8 Å². The van der Waals surface area contributed by atoms with Crippen molar-refractivity contribution < 1.29 is 23.5 Å². The van der Waals surface area contributed by atoms with Crippen molar-refractivity contribution in [2.24, 2.45) is 0 Å². The molecule has 0 spiro atoms. The van der Waals surface area contributed by atoms with Gasteiger partial charge in [0.15, 0.2) is 18.2 Å². The normalized spacial score (nSPS) is 11.4. The fourth-order valence-electron chi connectivity index (χ4n) is 3.47. The minimum Gasteiger partial charge on any atom is -0.497 e. The van der Waals surface area contributed by atoms with E-state index in [1.165, 1.54) is 24.1 Å². The van der Waals surface area contributed by atoms with Gasteiger partial charge in [-0.3, -0.25) is 9.59 Å². The molecule has 3 aromatic rings. The van der Waals surface area contributed by atoms with Gasteiger partial charge < -0.3 is 19.7 Å². The van der Waals surface area contributed by atoms with Crippen molar-refractivity contribution >= 4 is 11.8 Å². The summed E-state index contributed by atoms with van der Waals surface area (Å²) in [5.74, 6) is -0.683. The molecule has 0 aliphatic heterocycles. The third kappa shape index (κ3) is 6.55. The van der Waals surface area contributed by atoms with E-state index in [-0.39, 0.29) is 18.2 Å². The van der Waals surface area contributed by atoms with Crippen molar-refractivity contribution in [2.75, 3.05) is 20.8 Å². The average Bonchev–Trinajstić information content (AvgIpc) is 2.85. The number of likely N-dealkylation sites (N-methyl/N-ethyl adjacent to an activating group) is 1. The Morgan fingerprint density at radius 3 is 2.36 bits per heavy atom. The molecule has 0 radical (unpaired) electrons. The van der Waals surface area contributed by atoms with Crippen LogP contribution in [0.3, 0.4) is 0 Å². The third-order valence-electron chi connectivity index (χ3n) is 5.19. The minimum absolute atomic E-state index is 0.0215. The SMILES string of the molecule is CNC(=O)[C@H](Cc1ccccc1)N(Cc1cccc(OC)c1)C(=O)COc1ccccc1F. The number of para-hydroxylation sites is 1. The Balaban J connectivity index is 1.89. The van der Waals surface area contributed by atoms with Crippen LogP contribution in [-0.4, -0.2) is 43.5 Å². The lowest BCUT2D eigenvalue weighted by Gasteiger charge is -2.31. The van der Waals surface area contributed by atoms with E-state index in [0.717, 1.165) is 11.1 Å². The molecule has 33 heavy (non-hydrogen) atoms. The predicted octanol–water partition coefficient (Wildman–Crippen LogP) is 3.60. The van der Waals surface area contributed by atoms with E-state index < -0.39 is 24.4 Å². The first kappa shape index (κ1) is 23.8. The standard InChI is InChI=1S/C26H27FN2O4/c1-28-26(31)23(16-19-9-4-3-5-10-19)29(17-20-11-8-12-21(15-20)32-2)25(30)18-33-24-14-7-6-13-22(24)27/h3-15,23H,16-18H2,1-2H3,(H,28,31)/t23-/m0/s1. The second kappa shape index (κ2) is 11.7. The highest BCUT2D eigenvalue weighted by molar-refractivity contribution is 5.88. The van der Waals surface area contributed by atoms with Crippen molar-refractivity contribution in [3.63, 3.8) is 0 Å². The number of nitrogens with zero attached hydrogens (tertiary/aromatic N) is 1. The van der Waals surface area contributed by atoms with Crippen LogP contribution < -0.4 is 14.8 Å². The summed E-state index contributed by atoms with van der Waals surface area (Å²) >= 11 is 0. The Morgan fingerprint density at radius 2 is 1.67 bits per heavy atom. The van der Waals surface area contributed by atoms with Crippen molar-refractivity contribution in [3.05, 3.63) is 95.8 Å². The smallest absolute Gasteiger partial charge is 0.261 e. The summed E-state index contributed by atoms with van der Waals surface area (Å²) in [4.78, 5) is 27.6. The van der Waals surface area contributed by atoms with Crippen LogP contribution in [0.15, 0.2) is 78.9 Å². The first-order chi connectivity index (χ1) is 16.0. The monoisotopic (exact) mass is 450 g/mol. The number of benzene rings is 3. The van der Waals surface area contributed by atoms with Gasteiger partial charge >= 0.3 is 0 Å². The summed E-state index contributed by atoms with van der Waals surface area (Å²) < 4.78 is 24.7. The molecule has 3 aromatic carbocycles. The molecule has 0 aromatic heterocycles. The topological polar surface area (TPSA) is 67.9 Å². The lowest BCUT2D eigenvalue weighted by atomic mass is 10.0. The van der Waals surface area contributed by atoms with Gasteiger partial charge in [0.25, 0.3) is 5.91 Å². The maximum absolute atomic E-state index is 14.0. The number of rotatable bonds is 10. The number of carbonyl (C=O) groups excluding carboxylic acids is 2. The molecule has 6 nitrogen and oxygen atoms in total. The molecule has 1 atom stereocenters. The van der Waals surface area contributed by atoms with Crippen molar-refractivity contribution in [1.82, 2.24) is 10.2 Å². The van der Waals surface area contributed by atoms with E-state index in [0.29, 0.717) is 12.2 Å². The number of hydrogen-bond acceptors (Lipinski definition) is 4. The fourth-order valence-corrected chi connectivity index (χ4v) is 3.47. The number of carbonyl (C=O) groups is 2. The van der Waals surface area contributed by atoms with E-state index in [1.54, 1.807) is 31.4 Å². The number of ether oxygens (including phenoxy) is 2. The highest BCUT2D eigenvalue weighted by Gasteiger charge is 2.30. The van der Waals surface area contributed by atoms with E-state index in [2.05, 4.69) is 5.32 Å². The quantitative estimate of drug-likeness (QED) is 0.513. The maximum atomic E-state index is 14.0. The Labute approximate surface area is 192 Å². The van der Waals surface area contributed by atoms with Gasteiger partial charge in [0.05, 0.1) is 7.11 Å². The molecule has 2 amide bonds. The maximum Gasteiger partial charge on any atom is 0.261 e. The molecule has 0 fully saturated rings. The van der Waals surface area contributed by atoms with Gasteiger partial charge in [0, 0.05) is 20.0 Å². The second-order valence-corrected chi connectivity index (χ2v) is 7.41. The number of amides is 2. The van der Waals surface area contributed by atoms with Crippen LogP contribution in [0, 0.1) is 5.82 Å². The van der Waals surface area contributed by atoms with Crippen molar-refractivity contribution in [3.8, 4) is 11.5 Å². The Morgan fingerprint density at radius 1 is 0.970 bits per heavy atom. The molecule has 172 valence electrons. The van der Waals surface area contributed by atoms with Gasteiger partial charge in [-0.25, -0.2) is 4.39 Å². The van der Waals surface area contributed by atoms with Gasteiger partial charge in [-0.2, -0.15) is 0 Å². The Bertz CT molecular complexity index is 1070. The van der Waals surface area contributed by atoms with Gasteiger partial charge in [0.2, 0.25) is 5.91 Å². The number of methoxy groups -OCH3 is 1. The fraction of sp³-hybridized carbons (Fsp3) is 0.231. The largest absolute Gasteiger partial charge is 0.497 e. The molecule has 3 rings (SSSR count).